The Bertz CT molecular complexity index is 803. The van der Waals surface area contributed by atoms with Crippen LogP contribution in [-0.4, -0.2) is 29.2 Å². The summed E-state index contributed by atoms with van der Waals surface area (Å²) < 4.78 is 10.7. The summed E-state index contributed by atoms with van der Waals surface area (Å²) in [6.07, 6.45) is 1.69. The summed E-state index contributed by atoms with van der Waals surface area (Å²) in [5, 5.41) is 6.85. The Morgan fingerprint density at radius 3 is 2.54 bits per heavy atom. The van der Waals surface area contributed by atoms with Gasteiger partial charge in [0.1, 0.15) is 5.75 Å². The maximum Gasteiger partial charge on any atom is 0.227 e. The average molecular weight is 351 g/mol. The molecule has 1 heterocycles. The van der Waals surface area contributed by atoms with Crippen molar-refractivity contribution in [2.75, 3.05) is 13.2 Å². The van der Waals surface area contributed by atoms with Crippen molar-refractivity contribution >= 4 is 5.91 Å². The Kier molecular flexibility index (Phi) is 6.36. The Labute approximate surface area is 152 Å². The molecular weight excluding hydrogens is 330 g/mol. The maximum absolute atomic E-state index is 11.8. The monoisotopic (exact) mass is 351 g/mol. The van der Waals surface area contributed by atoms with E-state index >= 15 is 0 Å². The van der Waals surface area contributed by atoms with Gasteiger partial charge in [-0.25, -0.2) is 0 Å². The molecule has 6 nitrogen and oxygen atoms in total. The Morgan fingerprint density at radius 2 is 1.77 bits per heavy atom. The molecule has 0 saturated carbocycles. The number of carbonyl (C=O) groups excluding carboxylic acids is 1. The fourth-order valence-corrected chi connectivity index (χ4v) is 2.39. The maximum atomic E-state index is 11.8. The SMILES string of the molecule is O=C(CCOc1ccccc1)NCCCc1nc(-c2ccccc2)no1. The van der Waals surface area contributed by atoms with Gasteiger partial charge in [0.25, 0.3) is 0 Å². The molecule has 2 aromatic carbocycles. The van der Waals surface area contributed by atoms with Crippen LogP contribution in [0.3, 0.4) is 0 Å². The Hall–Kier alpha value is -3.15. The van der Waals surface area contributed by atoms with Crippen LogP contribution in [0.25, 0.3) is 11.4 Å². The normalized spacial score (nSPS) is 10.5. The molecule has 3 rings (SSSR count). The lowest BCUT2D eigenvalue weighted by Crippen LogP contribution is -2.26. The van der Waals surface area contributed by atoms with Gasteiger partial charge in [0.2, 0.25) is 17.6 Å². The smallest absolute Gasteiger partial charge is 0.227 e. The molecule has 6 heteroatoms. The highest BCUT2D eigenvalue weighted by Gasteiger charge is 2.08. The molecule has 0 spiro atoms. The van der Waals surface area contributed by atoms with Crippen LogP contribution < -0.4 is 10.1 Å². The minimum Gasteiger partial charge on any atom is -0.493 e. The molecule has 1 amide bonds. The van der Waals surface area contributed by atoms with E-state index < -0.39 is 0 Å². The van der Waals surface area contributed by atoms with Gasteiger partial charge in [0.05, 0.1) is 13.0 Å². The number of hydrogen-bond donors (Lipinski definition) is 1. The van der Waals surface area contributed by atoms with Crippen LogP contribution in [0.4, 0.5) is 0 Å². The summed E-state index contributed by atoms with van der Waals surface area (Å²) in [5.41, 5.74) is 0.925. The van der Waals surface area contributed by atoms with Crippen LogP contribution in [0.15, 0.2) is 65.2 Å². The zero-order chi connectivity index (χ0) is 18.0. The van der Waals surface area contributed by atoms with Gasteiger partial charge in [0.15, 0.2) is 0 Å². The van der Waals surface area contributed by atoms with Crippen molar-refractivity contribution in [3.63, 3.8) is 0 Å². The van der Waals surface area contributed by atoms with Crippen molar-refractivity contribution in [1.82, 2.24) is 15.5 Å². The van der Waals surface area contributed by atoms with E-state index in [1.165, 1.54) is 0 Å². The molecule has 1 aromatic heterocycles. The summed E-state index contributed by atoms with van der Waals surface area (Å²) in [7, 11) is 0. The molecule has 0 aliphatic rings. The number of benzene rings is 2. The lowest BCUT2D eigenvalue weighted by atomic mass is 10.2. The van der Waals surface area contributed by atoms with Crippen molar-refractivity contribution in [2.24, 2.45) is 0 Å². The van der Waals surface area contributed by atoms with Gasteiger partial charge < -0.3 is 14.6 Å². The minimum absolute atomic E-state index is 0.0311. The topological polar surface area (TPSA) is 77.2 Å². The highest BCUT2D eigenvalue weighted by molar-refractivity contribution is 5.75. The Balaban J connectivity index is 1.31. The third-order valence-electron chi connectivity index (χ3n) is 3.73. The number of nitrogens with one attached hydrogen (secondary N) is 1. The minimum atomic E-state index is -0.0311. The van der Waals surface area contributed by atoms with E-state index in [-0.39, 0.29) is 5.91 Å². The van der Waals surface area contributed by atoms with Crippen LogP contribution in [0.2, 0.25) is 0 Å². The first-order valence-corrected chi connectivity index (χ1v) is 8.64. The number of aromatic nitrogens is 2. The molecule has 134 valence electrons. The summed E-state index contributed by atoms with van der Waals surface area (Å²) in [5.74, 6) is 1.90. The number of carbonyl (C=O) groups is 1. The van der Waals surface area contributed by atoms with E-state index in [1.54, 1.807) is 0 Å². The molecule has 0 fully saturated rings. The number of rotatable bonds is 9. The summed E-state index contributed by atoms with van der Waals surface area (Å²) in [6, 6.07) is 19.1. The van der Waals surface area contributed by atoms with E-state index in [4.69, 9.17) is 9.26 Å². The molecule has 0 saturated heterocycles. The highest BCUT2D eigenvalue weighted by atomic mass is 16.5. The van der Waals surface area contributed by atoms with Crippen LogP contribution in [-0.2, 0) is 11.2 Å². The number of amides is 1. The van der Waals surface area contributed by atoms with Crippen LogP contribution in [0.5, 0.6) is 5.75 Å². The van der Waals surface area contributed by atoms with Gasteiger partial charge in [-0.05, 0) is 18.6 Å². The number of aryl methyl sites for hydroxylation is 1. The van der Waals surface area contributed by atoms with E-state index in [2.05, 4.69) is 15.5 Å². The average Bonchev–Trinajstić information content (AvgIpc) is 3.16. The zero-order valence-electron chi connectivity index (χ0n) is 14.4. The number of ether oxygens (including phenoxy) is 1. The third kappa shape index (κ3) is 5.44. The van der Waals surface area contributed by atoms with E-state index in [9.17, 15) is 4.79 Å². The third-order valence-corrected chi connectivity index (χ3v) is 3.73. The van der Waals surface area contributed by atoms with Gasteiger partial charge >= 0.3 is 0 Å². The summed E-state index contributed by atoms with van der Waals surface area (Å²) in [4.78, 5) is 16.2. The molecule has 26 heavy (non-hydrogen) atoms. The number of hydrogen-bond acceptors (Lipinski definition) is 5. The van der Waals surface area contributed by atoms with Crippen molar-refractivity contribution in [2.45, 2.75) is 19.3 Å². The standard InChI is InChI=1S/C20H21N3O3/c24-18(13-15-25-17-10-5-2-6-11-17)21-14-7-12-19-22-20(23-26-19)16-8-3-1-4-9-16/h1-6,8-11H,7,12-15H2,(H,21,24). The van der Waals surface area contributed by atoms with Gasteiger partial charge in [0, 0.05) is 18.5 Å². The molecule has 3 aromatic rings. The second kappa shape index (κ2) is 9.36. The predicted octanol–water partition coefficient (Wildman–Crippen LogP) is 3.25. The molecular formula is C20H21N3O3. The molecule has 0 bridgehead atoms. The molecule has 0 radical (unpaired) electrons. The second-order valence-corrected chi connectivity index (χ2v) is 5.74. The molecule has 0 atom stereocenters. The largest absolute Gasteiger partial charge is 0.493 e. The van der Waals surface area contributed by atoms with Gasteiger partial charge in [-0.3, -0.25) is 4.79 Å². The van der Waals surface area contributed by atoms with Gasteiger partial charge in [-0.1, -0.05) is 53.7 Å². The molecule has 1 N–H and O–H groups in total. The van der Waals surface area contributed by atoms with Crippen LogP contribution in [0, 0.1) is 0 Å². The first-order chi connectivity index (χ1) is 12.8. The van der Waals surface area contributed by atoms with Crippen molar-refractivity contribution in [3.05, 3.63) is 66.6 Å². The van der Waals surface area contributed by atoms with Crippen LogP contribution >= 0.6 is 0 Å². The quantitative estimate of drug-likeness (QED) is 0.599. The predicted molar refractivity (Wildman–Crippen MR) is 97.6 cm³/mol. The van der Waals surface area contributed by atoms with Crippen molar-refractivity contribution in [3.8, 4) is 17.1 Å². The van der Waals surface area contributed by atoms with E-state index in [0.717, 1.165) is 17.7 Å². The van der Waals surface area contributed by atoms with Crippen LogP contribution in [0.1, 0.15) is 18.7 Å². The lowest BCUT2D eigenvalue weighted by molar-refractivity contribution is -0.121. The molecule has 0 aliphatic heterocycles. The fourth-order valence-electron chi connectivity index (χ4n) is 2.39. The highest BCUT2D eigenvalue weighted by Crippen LogP contribution is 2.15. The first-order valence-electron chi connectivity index (χ1n) is 8.64. The summed E-state index contributed by atoms with van der Waals surface area (Å²) >= 11 is 0. The van der Waals surface area contributed by atoms with Crippen molar-refractivity contribution < 1.29 is 14.1 Å². The molecule has 0 unspecified atom stereocenters. The first kappa shape index (κ1) is 17.7. The number of para-hydroxylation sites is 1. The zero-order valence-corrected chi connectivity index (χ0v) is 14.4. The molecule has 0 aliphatic carbocycles. The van der Waals surface area contributed by atoms with E-state index in [0.29, 0.717) is 37.7 Å². The number of nitrogens with zero attached hydrogens (tertiary/aromatic N) is 2. The van der Waals surface area contributed by atoms with Crippen molar-refractivity contribution in [1.29, 1.82) is 0 Å². The van der Waals surface area contributed by atoms with E-state index in [1.807, 2.05) is 60.7 Å². The summed E-state index contributed by atoms with van der Waals surface area (Å²) in [6.45, 7) is 0.924. The second-order valence-electron chi connectivity index (χ2n) is 5.74. The van der Waals surface area contributed by atoms with Gasteiger partial charge in [-0.15, -0.1) is 0 Å². The van der Waals surface area contributed by atoms with Gasteiger partial charge in [-0.2, -0.15) is 4.98 Å². The fraction of sp³-hybridized carbons (Fsp3) is 0.250. The Morgan fingerprint density at radius 1 is 1.04 bits per heavy atom. The lowest BCUT2D eigenvalue weighted by Gasteiger charge is -2.06.